The smallest absolute Gasteiger partial charge is 0.229 e. The Morgan fingerprint density at radius 1 is 1.25 bits per heavy atom. The molecule has 2 fully saturated rings. The van der Waals surface area contributed by atoms with Crippen LogP contribution in [-0.2, 0) is 11.3 Å². The molecule has 1 aliphatic carbocycles. The molecule has 0 radical (unpaired) electrons. The molecule has 0 aromatic carbocycles. The minimum absolute atomic E-state index is 0.125. The maximum Gasteiger partial charge on any atom is 0.229 e. The molecule has 1 saturated heterocycles. The van der Waals surface area contributed by atoms with Crippen LogP contribution in [0.3, 0.4) is 0 Å². The number of carbonyl (C=O) groups excluding carboxylic acids is 1. The van der Waals surface area contributed by atoms with Crippen LogP contribution < -0.4 is 10.2 Å². The van der Waals surface area contributed by atoms with Crippen LogP contribution in [-0.4, -0.2) is 47.0 Å². The number of piperazine rings is 1. The van der Waals surface area contributed by atoms with Crippen molar-refractivity contribution in [1.82, 2.24) is 14.9 Å². The van der Waals surface area contributed by atoms with Crippen molar-refractivity contribution >= 4 is 28.2 Å². The summed E-state index contributed by atoms with van der Waals surface area (Å²) in [6.07, 6.45) is 3.88. The van der Waals surface area contributed by atoms with Gasteiger partial charge in [-0.3, -0.25) is 9.69 Å². The summed E-state index contributed by atoms with van der Waals surface area (Å²) in [5, 5.41) is 5.70. The Morgan fingerprint density at radius 2 is 2.08 bits per heavy atom. The Hall–Kier alpha value is -1.99. The largest absolute Gasteiger partial charge is 0.354 e. The lowest BCUT2D eigenvalue weighted by molar-refractivity contribution is -0.117. The van der Waals surface area contributed by atoms with Crippen LogP contribution in [0.15, 0.2) is 29.8 Å². The highest BCUT2D eigenvalue weighted by Gasteiger charge is 2.30. The highest BCUT2D eigenvalue weighted by molar-refractivity contribution is 7.13. The lowest BCUT2D eigenvalue weighted by Gasteiger charge is -2.35. The topological polar surface area (TPSA) is 61.4 Å². The van der Waals surface area contributed by atoms with Gasteiger partial charge in [-0.25, -0.2) is 9.97 Å². The number of nitrogens with zero attached hydrogens (tertiary/aromatic N) is 4. The number of hydrogen-bond acceptors (Lipinski definition) is 6. The average molecular weight is 343 g/mol. The highest BCUT2D eigenvalue weighted by Crippen LogP contribution is 2.30. The van der Waals surface area contributed by atoms with E-state index < -0.39 is 0 Å². The third-order valence-corrected chi connectivity index (χ3v) is 5.27. The number of pyridine rings is 1. The van der Waals surface area contributed by atoms with Crippen LogP contribution in [0.25, 0.3) is 0 Å². The van der Waals surface area contributed by atoms with E-state index in [1.54, 1.807) is 0 Å². The molecular weight excluding hydrogens is 322 g/mol. The second kappa shape index (κ2) is 6.86. The van der Waals surface area contributed by atoms with Gasteiger partial charge in [0.05, 0.1) is 5.69 Å². The van der Waals surface area contributed by atoms with E-state index in [9.17, 15) is 4.79 Å². The first-order valence-corrected chi connectivity index (χ1v) is 9.29. The van der Waals surface area contributed by atoms with Crippen LogP contribution in [0.4, 0.5) is 10.9 Å². The predicted molar refractivity (Wildman–Crippen MR) is 95.2 cm³/mol. The summed E-state index contributed by atoms with van der Waals surface area (Å²) >= 11 is 1.52. The van der Waals surface area contributed by atoms with Crippen LogP contribution in [0.2, 0.25) is 0 Å². The van der Waals surface area contributed by atoms with Gasteiger partial charge in [-0.05, 0) is 25.0 Å². The molecule has 2 aromatic rings. The first-order valence-electron chi connectivity index (χ1n) is 8.41. The van der Waals surface area contributed by atoms with Crippen LogP contribution >= 0.6 is 11.3 Å². The fourth-order valence-corrected chi connectivity index (χ4v) is 3.60. The molecule has 1 saturated carbocycles. The number of aromatic nitrogens is 2. The Bertz CT molecular complexity index is 692. The number of carbonyl (C=O) groups is 1. The average Bonchev–Trinajstić information content (AvgIpc) is 3.39. The molecule has 2 aliphatic rings. The second-order valence-electron chi connectivity index (χ2n) is 6.36. The molecular formula is C17H21N5OS. The molecule has 3 heterocycles. The van der Waals surface area contributed by atoms with Gasteiger partial charge in [0, 0.05) is 50.2 Å². The summed E-state index contributed by atoms with van der Waals surface area (Å²) in [7, 11) is 0. The monoisotopic (exact) mass is 343 g/mol. The Labute approximate surface area is 145 Å². The minimum atomic E-state index is 0.125. The number of rotatable bonds is 5. The summed E-state index contributed by atoms with van der Waals surface area (Å²) in [6.45, 7) is 4.79. The fraction of sp³-hybridized carbons (Fsp3) is 0.471. The number of hydrogen-bond donors (Lipinski definition) is 1. The molecule has 4 rings (SSSR count). The SMILES string of the molecule is O=C(Nc1nc(CN2CCN(c3ccccn3)CC2)cs1)C1CC1. The second-order valence-corrected chi connectivity index (χ2v) is 7.22. The van der Waals surface area contributed by atoms with Crippen molar-refractivity contribution < 1.29 is 4.79 Å². The molecule has 7 heteroatoms. The van der Waals surface area contributed by atoms with Gasteiger partial charge >= 0.3 is 0 Å². The van der Waals surface area contributed by atoms with Crippen LogP contribution in [0.1, 0.15) is 18.5 Å². The van der Waals surface area contributed by atoms with Crippen molar-refractivity contribution in [2.24, 2.45) is 5.92 Å². The van der Waals surface area contributed by atoms with E-state index in [-0.39, 0.29) is 11.8 Å². The lowest BCUT2D eigenvalue weighted by Crippen LogP contribution is -2.46. The fourth-order valence-electron chi connectivity index (χ4n) is 2.89. The van der Waals surface area contributed by atoms with E-state index in [0.29, 0.717) is 0 Å². The minimum Gasteiger partial charge on any atom is -0.354 e. The molecule has 126 valence electrons. The molecule has 0 unspecified atom stereocenters. The van der Waals surface area contributed by atoms with Gasteiger partial charge in [-0.15, -0.1) is 11.3 Å². The van der Waals surface area contributed by atoms with Crippen molar-refractivity contribution in [2.45, 2.75) is 19.4 Å². The van der Waals surface area contributed by atoms with Crippen molar-refractivity contribution in [3.05, 3.63) is 35.5 Å². The van der Waals surface area contributed by atoms with Crippen molar-refractivity contribution in [3.63, 3.8) is 0 Å². The lowest BCUT2D eigenvalue weighted by atomic mass is 10.3. The van der Waals surface area contributed by atoms with Crippen LogP contribution in [0.5, 0.6) is 0 Å². The van der Waals surface area contributed by atoms with E-state index in [0.717, 1.165) is 62.2 Å². The van der Waals surface area contributed by atoms with Gasteiger partial charge in [0.25, 0.3) is 0 Å². The van der Waals surface area contributed by atoms with Gasteiger partial charge in [-0.1, -0.05) is 6.07 Å². The van der Waals surface area contributed by atoms with Crippen molar-refractivity contribution in [2.75, 3.05) is 36.4 Å². The van der Waals surface area contributed by atoms with Crippen LogP contribution in [0, 0.1) is 5.92 Å². The zero-order valence-electron chi connectivity index (χ0n) is 13.5. The summed E-state index contributed by atoms with van der Waals surface area (Å²) in [4.78, 5) is 25.5. The molecule has 0 atom stereocenters. The van der Waals surface area contributed by atoms with Gasteiger partial charge in [-0.2, -0.15) is 0 Å². The standard InChI is InChI=1S/C17H21N5OS/c23-16(13-4-5-13)20-17-19-14(12-24-17)11-21-7-9-22(10-8-21)15-3-1-2-6-18-15/h1-3,6,12-13H,4-5,7-11H2,(H,19,20,23). The molecule has 0 spiro atoms. The van der Waals surface area contributed by atoms with Gasteiger partial charge in [0.2, 0.25) is 5.91 Å². The Morgan fingerprint density at radius 3 is 2.79 bits per heavy atom. The number of thiazole rings is 1. The van der Waals surface area contributed by atoms with E-state index in [1.807, 2.05) is 23.7 Å². The molecule has 1 N–H and O–H groups in total. The number of amides is 1. The maximum absolute atomic E-state index is 11.8. The number of nitrogens with one attached hydrogen (secondary N) is 1. The zero-order chi connectivity index (χ0) is 16.4. The van der Waals surface area contributed by atoms with E-state index >= 15 is 0 Å². The quantitative estimate of drug-likeness (QED) is 0.902. The molecule has 0 bridgehead atoms. The highest BCUT2D eigenvalue weighted by atomic mass is 32.1. The summed E-state index contributed by atoms with van der Waals surface area (Å²) in [6, 6.07) is 6.04. The summed E-state index contributed by atoms with van der Waals surface area (Å²) < 4.78 is 0. The van der Waals surface area contributed by atoms with Crippen molar-refractivity contribution in [3.8, 4) is 0 Å². The molecule has 24 heavy (non-hydrogen) atoms. The Kier molecular flexibility index (Phi) is 4.44. The third-order valence-electron chi connectivity index (χ3n) is 4.46. The summed E-state index contributed by atoms with van der Waals surface area (Å²) in [5.74, 6) is 1.40. The maximum atomic E-state index is 11.8. The predicted octanol–water partition coefficient (Wildman–Crippen LogP) is 2.21. The molecule has 2 aromatic heterocycles. The summed E-state index contributed by atoms with van der Waals surface area (Å²) in [5.41, 5.74) is 1.04. The molecule has 1 aliphatic heterocycles. The Balaban J connectivity index is 1.28. The zero-order valence-corrected chi connectivity index (χ0v) is 14.3. The van der Waals surface area contributed by atoms with Gasteiger partial charge in [0.15, 0.2) is 5.13 Å². The van der Waals surface area contributed by atoms with Gasteiger partial charge in [0.1, 0.15) is 5.82 Å². The van der Waals surface area contributed by atoms with E-state index in [2.05, 4.69) is 31.2 Å². The first-order chi connectivity index (χ1) is 11.8. The number of anilines is 2. The molecule has 6 nitrogen and oxygen atoms in total. The first kappa shape index (κ1) is 15.5. The van der Waals surface area contributed by atoms with E-state index in [1.165, 1.54) is 11.3 Å². The van der Waals surface area contributed by atoms with E-state index in [4.69, 9.17) is 0 Å². The van der Waals surface area contributed by atoms with Gasteiger partial charge < -0.3 is 10.2 Å². The third kappa shape index (κ3) is 3.73. The normalized spacial score (nSPS) is 18.6. The molecule has 1 amide bonds. The van der Waals surface area contributed by atoms with Crippen molar-refractivity contribution in [1.29, 1.82) is 0 Å².